The Morgan fingerprint density at radius 2 is 2.20 bits per heavy atom. The molecule has 0 unspecified atom stereocenters. The standard InChI is InChI=1S/C2H6N2S/c1-2(5)4-3/h3H2,1H3,(H,4,5). The van der Waals surface area contributed by atoms with Gasteiger partial charge in [0.1, 0.15) is 0 Å². The second-order valence-electron chi connectivity index (χ2n) is 0.701. The number of nitrogens with one attached hydrogen (secondary N) is 1. The molecule has 3 N–H and O–H groups in total. The third-order valence-corrected chi connectivity index (χ3v) is 0.321. The topological polar surface area (TPSA) is 38.0 Å². The van der Waals surface area contributed by atoms with E-state index in [0.29, 0.717) is 4.99 Å². The van der Waals surface area contributed by atoms with Crippen LogP contribution in [0.1, 0.15) is 6.92 Å². The van der Waals surface area contributed by atoms with Gasteiger partial charge in [-0.15, -0.1) is 0 Å². The molecule has 3 heteroatoms. The van der Waals surface area contributed by atoms with Gasteiger partial charge >= 0.3 is 0 Å². The predicted octanol–water partition coefficient (Wildman–Crippen LogP) is -0.203. The number of hydrazine groups is 1. The largest absolute Gasteiger partial charge is 0.318 e. The molecule has 5 heavy (non-hydrogen) atoms. The predicted molar refractivity (Wildman–Crippen MR) is 25.6 cm³/mol. The fourth-order valence-electron chi connectivity index (χ4n) is 0. The Balaban J connectivity index is 2.85. The molecule has 2 nitrogen and oxygen atoms in total. The molecular weight excluding hydrogens is 84.1 g/mol. The number of nitrogens with two attached hydrogens (primary N) is 1. The maximum atomic E-state index is 4.78. The van der Waals surface area contributed by atoms with Crippen molar-refractivity contribution < 1.29 is 0 Å². The Morgan fingerprint density at radius 3 is 2.20 bits per heavy atom. The number of rotatable bonds is 0. The van der Waals surface area contributed by atoms with Crippen molar-refractivity contribution in [1.82, 2.24) is 5.43 Å². The lowest BCUT2D eigenvalue weighted by molar-refractivity contribution is 1.04. The van der Waals surface area contributed by atoms with Gasteiger partial charge in [0.25, 0.3) is 0 Å². The van der Waals surface area contributed by atoms with E-state index in [4.69, 9.17) is 5.84 Å². The highest BCUT2D eigenvalue weighted by molar-refractivity contribution is 7.80. The Bertz CT molecular complexity index is 42.9. The van der Waals surface area contributed by atoms with E-state index in [1.54, 1.807) is 6.92 Å². The minimum absolute atomic E-state index is 0.616. The molecule has 0 bridgehead atoms. The normalized spacial score (nSPS) is 6.80. The molecule has 30 valence electrons. The molecule has 0 fully saturated rings. The zero-order chi connectivity index (χ0) is 4.28. The van der Waals surface area contributed by atoms with Gasteiger partial charge in [0.2, 0.25) is 0 Å². The molecule has 0 saturated heterocycles. The van der Waals surface area contributed by atoms with Crippen LogP contribution in [0.2, 0.25) is 0 Å². The third-order valence-electron chi connectivity index (χ3n) is 0.203. The Kier molecular flexibility index (Phi) is 2.05. The summed E-state index contributed by atoms with van der Waals surface area (Å²) < 4.78 is 0. The van der Waals surface area contributed by atoms with Crippen molar-refractivity contribution in [2.24, 2.45) is 5.84 Å². The fraction of sp³-hybridized carbons (Fsp3) is 0.500. The van der Waals surface area contributed by atoms with Gasteiger partial charge in [-0.3, -0.25) is 5.84 Å². The van der Waals surface area contributed by atoms with Gasteiger partial charge < -0.3 is 5.43 Å². The maximum Gasteiger partial charge on any atom is 0.0861 e. The fourth-order valence-corrected chi connectivity index (χ4v) is 0. The smallest absolute Gasteiger partial charge is 0.0861 e. The van der Waals surface area contributed by atoms with E-state index in [1.807, 2.05) is 0 Å². The molecule has 0 rings (SSSR count). The number of hydrogen-bond acceptors (Lipinski definition) is 2. The minimum atomic E-state index is 0.616. The Hall–Kier alpha value is -0.150. The molecular formula is C2H6N2S. The van der Waals surface area contributed by atoms with Crippen LogP contribution in [-0.4, -0.2) is 4.99 Å². The van der Waals surface area contributed by atoms with Crippen molar-refractivity contribution in [1.29, 1.82) is 0 Å². The molecule has 0 saturated carbocycles. The van der Waals surface area contributed by atoms with Crippen LogP contribution < -0.4 is 11.3 Å². The lowest BCUT2D eigenvalue weighted by Crippen LogP contribution is -2.25. The second-order valence-corrected chi connectivity index (χ2v) is 1.31. The number of thiocarbonyl (C=S) groups is 1. The zero-order valence-corrected chi connectivity index (χ0v) is 3.80. The van der Waals surface area contributed by atoms with Crippen molar-refractivity contribution >= 4 is 17.2 Å². The average Bonchev–Trinajstić information content (AvgIpc) is 1.38. The van der Waals surface area contributed by atoms with E-state index in [-0.39, 0.29) is 0 Å². The summed E-state index contributed by atoms with van der Waals surface area (Å²) in [7, 11) is 0. The van der Waals surface area contributed by atoms with E-state index in [0.717, 1.165) is 0 Å². The molecule has 0 heterocycles. The molecule has 0 spiro atoms. The zero-order valence-electron chi connectivity index (χ0n) is 2.99. The van der Waals surface area contributed by atoms with Crippen LogP contribution in [0.5, 0.6) is 0 Å². The van der Waals surface area contributed by atoms with Crippen LogP contribution in [0, 0.1) is 0 Å². The highest BCUT2D eigenvalue weighted by Crippen LogP contribution is 1.54. The summed E-state index contributed by atoms with van der Waals surface area (Å²) in [5, 5.41) is 0. The first-order valence-corrected chi connectivity index (χ1v) is 1.65. The van der Waals surface area contributed by atoms with Crippen LogP contribution in [-0.2, 0) is 0 Å². The van der Waals surface area contributed by atoms with Crippen LogP contribution in [0.15, 0.2) is 0 Å². The minimum Gasteiger partial charge on any atom is -0.318 e. The van der Waals surface area contributed by atoms with Crippen molar-refractivity contribution in [3.8, 4) is 0 Å². The molecule has 0 aromatic heterocycles. The first-order chi connectivity index (χ1) is 2.27. The molecule has 0 aromatic rings. The van der Waals surface area contributed by atoms with E-state index in [2.05, 4.69) is 17.6 Å². The van der Waals surface area contributed by atoms with Crippen LogP contribution in [0.25, 0.3) is 0 Å². The van der Waals surface area contributed by atoms with Crippen LogP contribution in [0.3, 0.4) is 0 Å². The van der Waals surface area contributed by atoms with E-state index >= 15 is 0 Å². The van der Waals surface area contributed by atoms with Gasteiger partial charge in [-0.05, 0) is 6.92 Å². The first-order valence-electron chi connectivity index (χ1n) is 1.24. The monoisotopic (exact) mass is 90.0 g/mol. The SMILES string of the molecule is CC(=S)NN. The lowest BCUT2D eigenvalue weighted by atomic mass is 10.8. The summed E-state index contributed by atoms with van der Waals surface area (Å²) in [6.45, 7) is 1.72. The van der Waals surface area contributed by atoms with Gasteiger partial charge in [-0.2, -0.15) is 0 Å². The molecule has 0 aliphatic rings. The van der Waals surface area contributed by atoms with E-state index in [9.17, 15) is 0 Å². The molecule has 0 radical (unpaired) electrons. The third kappa shape index (κ3) is 3.85. The van der Waals surface area contributed by atoms with Gasteiger partial charge in [-0.25, -0.2) is 0 Å². The van der Waals surface area contributed by atoms with Crippen molar-refractivity contribution in [3.05, 3.63) is 0 Å². The van der Waals surface area contributed by atoms with E-state index in [1.165, 1.54) is 0 Å². The van der Waals surface area contributed by atoms with Crippen molar-refractivity contribution in [3.63, 3.8) is 0 Å². The summed E-state index contributed by atoms with van der Waals surface area (Å²) in [5.41, 5.74) is 2.26. The van der Waals surface area contributed by atoms with Crippen molar-refractivity contribution in [2.75, 3.05) is 0 Å². The van der Waals surface area contributed by atoms with Gasteiger partial charge in [-0.1, -0.05) is 12.2 Å². The van der Waals surface area contributed by atoms with Gasteiger partial charge in [0.15, 0.2) is 0 Å². The molecule has 0 aliphatic carbocycles. The maximum absolute atomic E-state index is 4.78. The summed E-state index contributed by atoms with van der Waals surface area (Å²) in [5.74, 6) is 4.78. The summed E-state index contributed by atoms with van der Waals surface area (Å²) in [6, 6.07) is 0. The molecule has 0 aromatic carbocycles. The second kappa shape index (κ2) is 2.11. The van der Waals surface area contributed by atoms with Crippen LogP contribution >= 0.6 is 12.2 Å². The quantitative estimate of drug-likeness (QED) is 0.246. The van der Waals surface area contributed by atoms with Crippen LogP contribution in [0.4, 0.5) is 0 Å². The van der Waals surface area contributed by atoms with Crippen molar-refractivity contribution in [2.45, 2.75) is 6.92 Å². The van der Waals surface area contributed by atoms with E-state index < -0.39 is 0 Å². The molecule has 0 aliphatic heterocycles. The Morgan fingerprint density at radius 1 is 2.00 bits per heavy atom. The first kappa shape index (κ1) is 4.85. The molecule has 0 atom stereocenters. The highest BCUT2D eigenvalue weighted by atomic mass is 32.1. The number of hydrogen-bond donors (Lipinski definition) is 2. The highest BCUT2D eigenvalue weighted by Gasteiger charge is 1.66. The summed E-state index contributed by atoms with van der Waals surface area (Å²) >= 11 is 4.46. The molecule has 0 amide bonds. The van der Waals surface area contributed by atoms with Gasteiger partial charge in [0, 0.05) is 0 Å². The summed E-state index contributed by atoms with van der Waals surface area (Å²) in [4.78, 5) is 0.616. The Labute approximate surface area is 36.3 Å². The summed E-state index contributed by atoms with van der Waals surface area (Å²) in [6.07, 6.45) is 0. The lowest BCUT2D eigenvalue weighted by Gasteiger charge is -1.85. The average molecular weight is 90.2 g/mol. The van der Waals surface area contributed by atoms with Gasteiger partial charge in [0.05, 0.1) is 4.99 Å².